The summed E-state index contributed by atoms with van der Waals surface area (Å²) in [6, 6.07) is 4.27. The van der Waals surface area contributed by atoms with Crippen molar-refractivity contribution in [3.8, 4) is 0 Å². The summed E-state index contributed by atoms with van der Waals surface area (Å²) < 4.78 is 93.4. The molecular weight excluding hydrogens is 439 g/mol. The maximum atomic E-state index is 13.9. The molecule has 0 saturated heterocycles. The van der Waals surface area contributed by atoms with E-state index in [9.17, 15) is 30.7 Å². The molecule has 32 heavy (non-hydrogen) atoms. The molecular formula is C22H20F7N3. The summed E-state index contributed by atoms with van der Waals surface area (Å²) >= 11 is 0. The highest BCUT2D eigenvalue weighted by molar-refractivity contribution is 6.02. The molecule has 2 rings (SSSR count). The van der Waals surface area contributed by atoms with E-state index < -0.39 is 35.3 Å². The van der Waals surface area contributed by atoms with E-state index in [1.165, 1.54) is 30.7 Å². The number of halogens is 7. The van der Waals surface area contributed by atoms with Crippen molar-refractivity contribution in [3.63, 3.8) is 0 Å². The molecule has 0 N–H and O–H groups in total. The Morgan fingerprint density at radius 2 is 1.62 bits per heavy atom. The fourth-order valence-electron chi connectivity index (χ4n) is 2.80. The predicted octanol–water partition coefficient (Wildman–Crippen LogP) is 7.12. The first-order valence-corrected chi connectivity index (χ1v) is 9.32. The number of hydrogen-bond acceptors (Lipinski definition) is 3. The number of aromatic nitrogens is 1. The van der Waals surface area contributed by atoms with E-state index in [1.807, 2.05) is 0 Å². The second kappa shape index (κ2) is 9.54. The van der Waals surface area contributed by atoms with Crippen LogP contribution in [0.1, 0.15) is 43.0 Å². The molecule has 0 radical (unpaired) electrons. The summed E-state index contributed by atoms with van der Waals surface area (Å²) in [5.41, 5.74) is -2.75. The van der Waals surface area contributed by atoms with Crippen LogP contribution in [0.3, 0.4) is 0 Å². The first-order valence-electron chi connectivity index (χ1n) is 9.32. The Bertz CT molecular complexity index is 1000. The summed E-state index contributed by atoms with van der Waals surface area (Å²) in [6.07, 6.45) is -6.17. The molecule has 0 atom stereocenters. The van der Waals surface area contributed by atoms with Gasteiger partial charge in [0.25, 0.3) is 0 Å². The molecule has 1 aromatic heterocycles. The summed E-state index contributed by atoms with van der Waals surface area (Å²) in [5.74, 6) is -1.29. The average Bonchev–Trinajstić information content (AvgIpc) is 2.69. The smallest absolute Gasteiger partial charge is 0.248 e. The minimum Gasteiger partial charge on any atom is -0.248 e. The van der Waals surface area contributed by atoms with Crippen molar-refractivity contribution in [1.29, 1.82) is 0 Å². The van der Waals surface area contributed by atoms with Gasteiger partial charge in [-0.05, 0) is 54.3 Å². The highest BCUT2D eigenvalue weighted by atomic mass is 19.4. The van der Waals surface area contributed by atoms with E-state index in [4.69, 9.17) is 0 Å². The lowest BCUT2D eigenvalue weighted by Crippen LogP contribution is -2.18. The predicted molar refractivity (Wildman–Crippen MR) is 108 cm³/mol. The molecule has 1 aromatic carbocycles. The number of rotatable bonds is 6. The minimum absolute atomic E-state index is 0.0443. The van der Waals surface area contributed by atoms with Gasteiger partial charge in [-0.25, -0.2) is 9.99 Å². The number of hydrogen-bond donors (Lipinski definition) is 0. The third-order valence-electron chi connectivity index (χ3n) is 4.35. The Morgan fingerprint density at radius 1 is 1.06 bits per heavy atom. The van der Waals surface area contributed by atoms with Crippen molar-refractivity contribution in [2.24, 2.45) is 11.0 Å². The summed E-state index contributed by atoms with van der Waals surface area (Å²) in [5, 5.41) is 5.29. The first kappa shape index (κ1) is 25.1. The SMILES string of the molecule is C=CN(/C=C(\C)c1cccnc1F)/N=C(/c1cc(C(F)(F)F)cc(C(F)(F)F)c1)C(C)C. The van der Waals surface area contributed by atoms with Gasteiger partial charge in [0.2, 0.25) is 5.95 Å². The maximum Gasteiger partial charge on any atom is 0.416 e. The lowest BCUT2D eigenvalue weighted by molar-refractivity contribution is -0.143. The Balaban J connectivity index is 2.63. The largest absolute Gasteiger partial charge is 0.416 e. The Kier molecular flexibility index (Phi) is 7.48. The molecule has 0 unspecified atom stereocenters. The molecule has 10 heteroatoms. The van der Waals surface area contributed by atoms with E-state index >= 15 is 0 Å². The van der Waals surface area contributed by atoms with Crippen molar-refractivity contribution < 1.29 is 30.7 Å². The number of alkyl halides is 6. The van der Waals surface area contributed by atoms with Crippen LogP contribution < -0.4 is 0 Å². The van der Waals surface area contributed by atoms with E-state index in [0.717, 1.165) is 5.01 Å². The Hall–Kier alpha value is -3.17. The van der Waals surface area contributed by atoms with Gasteiger partial charge < -0.3 is 0 Å². The van der Waals surface area contributed by atoms with Crippen LogP contribution in [0.5, 0.6) is 0 Å². The van der Waals surface area contributed by atoms with Crippen molar-refractivity contribution in [1.82, 2.24) is 9.99 Å². The molecule has 0 spiro atoms. The highest BCUT2D eigenvalue weighted by Gasteiger charge is 2.37. The van der Waals surface area contributed by atoms with Crippen LogP contribution in [0.4, 0.5) is 30.7 Å². The highest BCUT2D eigenvalue weighted by Crippen LogP contribution is 2.37. The third-order valence-corrected chi connectivity index (χ3v) is 4.35. The molecule has 0 amide bonds. The molecule has 3 nitrogen and oxygen atoms in total. The standard InChI is InChI=1S/C22H20F7N3/c1-5-32(12-14(4)18-7-6-8-30-20(18)23)31-19(13(2)3)15-9-16(21(24,25)26)11-17(10-15)22(27,28)29/h5-13H,1H2,2-4H3/b14-12+,31-19+. The molecule has 1 heterocycles. The van der Waals surface area contributed by atoms with Gasteiger partial charge in [0.1, 0.15) is 0 Å². The number of benzene rings is 1. The lowest BCUT2D eigenvalue weighted by atomic mass is 9.95. The fraction of sp³-hybridized carbons (Fsp3) is 0.273. The fourth-order valence-corrected chi connectivity index (χ4v) is 2.80. The second-order valence-electron chi connectivity index (χ2n) is 7.15. The quantitative estimate of drug-likeness (QED) is 0.199. The van der Waals surface area contributed by atoms with Gasteiger partial charge in [0, 0.05) is 24.2 Å². The van der Waals surface area contributed by atoms with E-state index in [-0.39, 0.29) is 22.9 Å². The van der Waals surface area contributed by atoms with Crippen molar-refractivity contribution in [2.75, 3.05) is 0 Å². The lowest BCUT2D eigenvalue weighted by Gasteiger charge is -2.19. The molecule has 0 saturated carbocycles. The van der Waals surface area contributed by atoms with Crippen molar-refractivity contribution in [2.45, 2.75) is 33.1 Å². The summed E-state index contributed by atoms with van der Waals surface area (Å²) in [7, 11) is 0. The van der Waals surface area contributed by atoms with E-state index in [2.05, 4.69) is 16.7 Å². The van der Waals surface area contributed by atoms with E-state index in [1.54, 1.807) is 20.8 Å². The second-order valence-corrected chi connectivity index (χ2v) is 7.15. The zero-order valence-corrected chi connectivity index (χ0v) is 17.4. The molecule has 0 aliphatic heterocycles. The Morgan fingerprint density at radius 3 is 2.06 bits per heavy atom. The van der Waals surface area contributed by atoms with Gasteiger partial charge in [0.05, 0.1) is 16.8 Å². The van der Waals surface area contributed by atoms with Crippen LogP contribution in [0.2, 0.25) is 0 Å². The first-order chi connectivity index (χ1) is 14.7. The van der Waals surface area contributed by atoms with Crippen LogP contribution in [0.15, 0.2) is 60.6 Å². The molecule has 172 valence electrons. The van der Waals surface area contributed by atoms with Gasteiger partial charge in [-0.2, -0.15) is 35.8 Å². The maximum absolute atomic E-state index is 13.9. The van der Waals surface area contributed by atoms with Gasteiger partial charge in [-0.15, -0.1) is 0 Å². The molecule has 2 aromatic rings. The van der Waals surface area contributed by atoms with Crippen LogP contribution >= 0.6 is 0 Å². The number of pyridine rings is 1. The molecule has 0 fully saturated rings. The number of nitrogens with zero attached hydrogens (tertiary/aromatic N) is 3. The molecule has 0 bridgehead atoms. The van der Waals surface area contributed by atoms with Gasteiger partial charge in [-0.3, -0.25) is 0 Å². The van der Waals surface area contributed by atoms with Gasteiger partial charge in [0.15, 0.2) is 0 Å². The van der Waals surface area contributed by atoms with Crippen LogP contribution in [-0.2, 0) is 12.4 Å². The zero-order valence-electron chi connectivity index (χ0n) is 17.4. The molecule has 0 aliphatic carbocycles. The normalized spacial score (nSPS) is 13.5. The third kappa shape index (κ3) is 6.18. The van der Waals surface area contributed by atoms with Crippen molar-refractivity contribution >= 4 is 11.3 Å². The Labute approximate surface area is 180 Å². The summed E-state index contributed by atoms with van der Waals surface area (Å²) in [4.78, 5) is 3.53. The van der Waals surface area contributed by atoms with Crippen molar-refractivity contribution in [3.05, 3.63) is 83.7 Å². The average molecular weight is 459 g/mol. The van der Waals surface area contributed by atoms with Crippen LogP contribution in [-0.4, -0.2) is 15.7 Å². The van der Waals surface area contributed by atoms with Crippen LogP contribution in [0, 0.1) is 11.9 Å². The monoisotopic (exact) mass is 459 g/mol. The summed E-state index contributed by atoms with van der Waals surface area (Å²) in [6.45, 7) is 8.25. The number of allylic oxidation sites excluding steroid dienone is 1. The zero-order chi connectivity index (χ0) is 24.3. The van der Waals surface area contributed by atoms with Crippen LogP contribution in [0.25, 0.3) is 5.57 Å². The van der Waals surface area contributed by atoms with Gasteiger partial charge in [-0.1, -0.05) is 20.4 Å². The van der Waals surface area contributed by atoms with E-state index in [0.29, 0.717) is 17.7 Å². The minimum atomic E-state index is -4.98. The number of hydrazone groups is 1. The van der Waals surface area contributed by atoms with Gasteiger partial charge >= 0.3 is 12.4 Å². The topological polar surface area (TPSA) is 28.5 Å². The molecule has 0 aliphatic rings.